The standard InChI is InChI=1S/C14H12N4O2S/c15-5-10-8-1-3-17-7-12(8)21-14(10)18-13(20)9-2-4-16-6-11(9)19/h2,4,6,17,19H,1,3,7H2,(H,18,20). The maximum absolute atomic E-state index is 12.2. The Bertz CT molecular complexity index is 748. The Hall–Kier alpha value is -2.43. The summed E-state index contributed by atoms with van der Waals surface area (Å²) in [6.07, 6.45) is 3.43. The highest BCUT2D eigenvalue weighted by molar-refractivity contribution is 7.16. The van der Waals surface area contributed by atoms with Gasteiger partial charge in [-0.2, -0.15) is 5.26 Å². The summed E-state index contributed by atoms with van der Waals surface area (Å²) in [5.74, 6) is -0.630. The molecule has 0 bridgehead atoms. The summed E-state index contributed by atoms with van der Waals surface area (Å²) in [6.45, 7) is 1.54. The zero-order valence-electron chi connectivity index (χ0n) is 11.0. The van der Waals surface area contributed by atoms with Crippen molar-refractivity contribution in [2.75, 3.05) is 11.9 Å². The van der Waals surface area contributed by atoms with Gasteiger partial charge >= 0.3 is 0 Å². The first-order valence-corrected chi connectivity index (χ1v) is 7.22. The van der Waals surface area contributed by atoms with Gasteiger partial charge in [-0.25, -0.2) is 0 Å². The molecule has 1 aliphatic rings. The monoisotopic (exact) mass is 300 g/mol. The van der Waals surface area contributed by atoms with Gasteiger partial charge in [0.25, 0.3) is 5.91 Å². The Morgan fingerprint density at radius 2 is 2.43 bits per heavy atom. The second-order valence-corrected chi connectivity index (χ2v) is 5.70. The van der Waals surface area contributed by atoms with Gasteiger partial charge in [-0.3, -0.25) is 9.78 Å². The van der Waals surface area contributed by atoms with Crippen molar-refractivity contribution in [3.8, 4) is 11.8 Å². The number of aromatic nitrogens is 1. The summed E-state index contributed by atoms with van der Waals surface area (Å²) in [5.41, 5.74) is 1.67. The largest absolute Gasteiger partial charge is 0.505 e. The van der Waals surface area contributed by atoms with E-state index in [9.17, 15) is 15.2 Å². The number of rotatable bonds is 2. The highest BCUT2D eigenvalue weighted by Crippen LogP contribution is 2.35. The zero-order valence-corrected chi connectivity index (χ0v) is 11.8. The van der Waals surface area contributed by atoms with Gasteiger partial charge in [0.1, 0.15) is 16.8 Å². The molecular weight excluding hydrogens is 288 g/mol. The van der Waals surface area contributed by atoms with Gasteiger partial charge in [0.05, 0.1) is 17.3 Å². The lowest BCUT2D eigenvalue weighted by molar-refractivity contribution is 0.102. The molecule has 0 atom stereocenters. The number of amides is 1. The van der Waals surface area contributed by atoms with E-state index in [1.54, 1.807) is 0 Å². The van der Waals surface area contributed by atoms with Crippen LogP contribution in [0.4, 0.5) is 5.00 Å². The lowest BCUT2D eigenvalue weighted by Crippen LogP contribution is -2.22. The van der Waals surface area contributed by atoms with Crippen molar-refractivity contribution in [2.45, 2.75) is 13.0 Å². The van der Waals surface area contributed by atoms with E-state index in [1.165, 1.54) is 29.8 Å². The number of hydrogen-bond donors (Lipinski definition) is 3. The summed E-state index contributed by atoms with van der Waals surface area (Å²) in [4.78, 5) is 17.0. The topological polar surface area (TPSA) is 98.0 Å². The van der Waals surface area contributed by atoms with Gasteiger partial charge in [0, 0.05) is 17.6 Å². The number of nitrogens with one attached hydrogen (secondary N) is 2. The summed E-state index contributed by atoms with van der Waals surface area (Å²) >= 11 is 1.40. The van der Waals surface area contributed by atoms with Gasteiger partial charge in [-0.05, 0) is 24.6 Å². The molecule has 0 aliphatic carbocycles. The van der Waals surface area contributed by atoms with E-state index in [-0.39, 0.29) is 11.3 Å². The number of nitrogens with zero attached hydrogens (tertiary/aromatic N) is 2. The third-order valence-corrected chi connectivity index (χ3v) is 4.46. The van der Waals surface area contributed by atoms with Crippen molar-refractivity contribution in [3.63, 3.8) is 0 Å². The highest BCUT2D eigenvalue weighted by Gasteiger charge is 2.22. The van der Waals surface area contributed by atoms with E-state index in [4.69, 9.17) is 0 Å². The smallest absolute Gasteiger partial charge is 0.260 e. The van der Waals surface area contributed by atoms with Crippen LogP contribution >= 0.6 is 11.3 Å². The average Bonchev–Trinajstić information content (AvgIpc) is 2.84. The predicted molar refractivity (Wildman–Crippen MR) is 78.3 cm³/mol. The lowest BCUT2D eigenvalue weighted by atomic mass is 10.1. The molecule has 21 heavy (non-hydrogen) atoms. The van der Waals surface area contributed by atoms with Gasteiger partial charge in [0.2, 0.25) is 0 Å². The van der Waals surface area contributed by atoms with Crippen LogP contribution in [0.2, 0.25) is 0 Å². The fourth-order valence-electron chi connectivity index (χ4n) is 2.29. The van der Waals surface area contributed by atoms with Gasteiger partial charge < -0.3 is 15.7 Å². The van der Waals surface area contributed by atoms with Crippen LogP contribution in [0.5, 0.6) is 5.75 Å². The molecule has 3 N–H and O–H groups in total. The first kappa shape index (κ1) is 13.5. The first-order valence-electron chi connectivity index (χ1n) is 6.40. The Morgan fingerprint density at radius 3 is 3.19 bits per heavy atom. The van der Waals surface area contributed by atoms with Crippen LogP contribution in [0.15, 0.2) is 18.5 Å². The van der Waals surface area contributed by atoms with Gasteiger partial charge in [-0.15, -0.1) is 11.3 Å². The molecule has 0 unspecified atom stereocenters. The number of fused-ring (bicyclic) bond motifs is 1. The first-order chi connectivity index (χ1) is 10.2. The third-order valence-electron chi connectivity index (χ3n) is 3.31. The average molecular weight is 300 g/mol. The molecule has 0 spiro atoms. The second kappa shape index (κ2) is 5.52. The van der Waals surface area contributed by atoms with E-state index in [2.05, 4.69) is 21.7 Å². The van der Waals surface area contributed by atoms with E-state index in [0.717, 1.165) is 23.4 Å². The summed E-state index contributed by atoms with van der Waals surface area (Å²) in [7, 11) is 0. The number of carbonyl (C=O) groups excluding carboxylic acids is 1. The maximum atomic E-state index is 12.2. The van der Waals surface area contributed by atoms with Crippen molar-refractivity contribution < 1.29 is 9.90 Å². The van der Waals surface area contributed by atoms with Crippen molar-refractivity contribution >= 4 is 22.2 Å². The second-order valence-electron chi connectivity index (χ2n) is 4.59. The fraction of sp³-hybridized carbons (Fsp3) is 0.214. The van der Waals surface area contributed by atoms with E-state index < -0.39 is 5.91 Å². The van der Waals surface area contributed by atoms with Crippen LogP contribution in [0, 0.1) is 11.3 Å². The summed E-state index contributed by atoms with van der Waals surface area (Å²) < 4.78 is 0. The summed E-state index contributed by atoms with van der Waals surface area (Å²) in [6, 6.07) is 3.60. The van der Waals surface area contributed by atoms with Crippen molar-refractivity contribution in [1.82, 2.24) is 10.3 Å². The van der Waals surface area contributed by atoms with E-state index in [1.807, 2.05) is 0 Å². The minimum absolute atomic E-state index is 0.137. The highest BCUT2D eigenvalue weighted by atomic mass is 32.1. The molecule has 106 valence electrons. The Balaban J connectivity index is 1.92. The molecule has 3 heterocycles. The van der Waals surface area contributed by atoms with Crippen molar-refractivity contribution in [3.05, 3.63) is 40.0 Å². The number of anilines is 1. The molecule has 0 radical (unpaired) electrons. The molecule has 0 saturated heterocycles. The molecule has 0 aromatic carbocycles. The molecule has 2 aromatic heterocycles. The fourth-order valence-corrected chi connectivity index (χ4v) is 3.45. The molecule has 0 saturated carbocycles. The summed E-state index contributed by atoms with van der Waals surface area (Å²) in [5, 5.41) is 25.5. The molecule has 0 fully saturated rings. The zero-order chi connectivity index (χ0) is 14.8. The SMILES string of the molecule is N#Cc1c(NC(=O)c2ccncc2O)sc2c1CCNC2. The minimum atomic E-state index is -0.446. The van der Waals surface area contributed by atoms with Crippen molar-refractivity contribution in [1.29, 1.82) is 5.26 Å². The molecule has 1 aliphatic heterocycles. The number of aromatic hydroxyl groups is 1. The maximum Gasteiger partial charge on any atom is 0.260 e. The number of hydrogen-bond acceptors (Lipinski definition) is 6. The molecule has 1 amide bonds. The van der Waals surface area contributed by atoms with Crippen LogP contribution in [-0.4, -0.2) is 22.5 Å². The molecule has 6 nitrogen and oxygen atoms in total. The van der Waals surface area contributed by atoms with E-state index >= 15 is 0 Å². The van der Waals surface area contributed by atoms with E-state index in [0.29, 0.717) is 17.1 Å². The van der Waals surface area contributed by atoms with Crippen LogP contribution in [0.3, 0.4) is 0 Å². The van der Waals surface area contributed by atoms with Crippen LogP contribution in [0.25, 0.3) is 0 Å². The molecule has 3 rings (SSSR count). The van der Waals surface area contributed by atoms with Crippen LogP contribution in [-0.2, 0) is 13.0 Å². The number of pyridine rings is 1. The number of carbonyl (C=O) groups is 1. The lowest BCUT2D eigenvalue weighted by Gasteiger charge is -2.11. The normalized spacial score (nSPS) is 13.3. The number of thiophene rings is 1. The van der Waals surface area contributed by atoms with Gasteiger partial charge in [0.15, 0.2) is 0 Å². The quantitative estimate of drug-likeness (QED) is 0.783. The third kappa shape index (κ3) is 2.46. The number of nitriles is 1. The Kier molecular flexibility index (Phi) is 3.56. The molecule has 7 heteroatoms. The predicted octanol–water partition coefficient (Wildman–Crippen LogP) is 1.62. The minimum Gasteiger partial charge on any atom is -0.505 e. The van der Waals surface area contributed by atoms with Crippen molar-refractivity contribution in [2.24, 2.45) is 0 Å². The Labute approximate surface area is 125 Å². The molecular formula is C14H12N4O2S. The van der Waals surface area contributed by atoms with Crippen LogP contribution < -0.4 is 10.6 Å². The molecule has 2 aromatic rings. The van der Waals surface area contributed by atoms with Crippen LogP contribution in [0.1, 0.15) is 26.4 Å². The van der Waals surface area contributed by atoms with Gasteiger partial charge in [-0.1, -0.05) is 0 Å². The Morgan fingerprint density at radius 1 is 1.57 bits per heavy atom.